The average Bonchev–Trinajstić information content (AvgIpc) is 2.33. The maximum atomic E-state index is 8.89. The van der Waals surface area contributed by atoms with Crippen molar-refractivity contribution in [3.8, 4) is 0 Å². The highest BCUT2D eigenvalue weighted by Gasteiger charge is 2.21. The number of benzene rings is 1. The summed E-state index contributed by atoms with van der Waals surface area (Å²) in [5.41, 5.74) is 1.43. The van der Waals surface area contributed by atoms with Crippen LogP contribution in [0.15, 0.2) is 30.3 Å². The normalized spacial score (nSPS) is 25.6. The van der Waals surface area contributed by atoms with Gasteiger partial charge in [0.1, 0.15) is 39.3 Å². The summed E-state index contributed by atoms with van der Waals surface area (Å²) in [4.78, 5) is 3.23. The van der Waals surface area contributed by atoms with Crippen LogP contribution in [0.4, 0.5) is 0 Å². The van der Waals surface area contributed by atoms with Crippen molar-refractivity contribution in [2.45, 2.75) is 6.54 Å². The predicted octanol–water partition coefficient (Wildman–Crippen LogP) is -2.04. The largest absolute Gasteiger partial charge is 0.391 e. The molecule has 0 bridgehead atoms. The molecule has 0 aromatic heterocycles. The van der Waals surface area contributed by atoms with Gasteiger partial charge in [0, 0.05) is 5.56 Å². The van der Waals surface area contributed by atoms with E-state index in [1.807, 2.05) is 0 Å². The Balaban J connectivity index is 1.77. The highest BCUT2D eigenvalue weighted by molar-refractivity contribution is 5.13. The molecule has 1 aliphatic heterocycles. The van der Waals surface area contributed by atoms with Gasteiger partial charge in [0.25, 0.3) is 0 Å². The van der Waals surface area contributed by atoms with Gasteiger partial charge in [-0.15, -0.1) is 0 Å². The Labute approximate surface area is 97.3 Å². The molecule has 1 aliphatic rings. The Morgan fingerprint density at radius 2 is 1.56 bits per heavy atom. The number of quaternary nitrogens is 2. The van der Waals surface area contributed by atoms with Crippen molar-refractivity contribution < 1.29 is 14.9 Å². The molecule has 0 atom stereocenters. The number of nitrogens with one attached hydrogen (secondary N) is 2. The molecule has 3 N–H and O–H groups in total. The van der Waals surface area contributed by atoms with Crippen LogP contribution >= 0.6 is 0 Å². The smallest absolute Gasteiger partial charge is 0.127 e. The minimum atomic E-state index is 0.323. The number of hydrogen-bond donors (Lipinski definition) is 3. The van der Waals surface area contributed by atoms with E-state index in [0.29, 0.717) is 6.61 Å². The summed E-state index contributed by atoms with van der Waals surface area (Å²) in [5, 5.41) is 8.89. The molecule has 1 aromatic carbocycles. The minimum Gasteiger partial charge on any atom is -0.391 e. The van der Waals surface area contributed by atoms with Crippen LogP contribution in [-0.4, -0.2) is 44.4 Å². The lowest BCUT2D eigenvalue weighted by Gasteiger charge is -2.29. The van der Waals surface area contributed by atoms with Crippen molar-refractivity contribution >= 4 is 0 Å². The Morgan fingerprint density at radius 3 is 2.19 bits per heavy atom. The third-order valence-electron chi connectivity index (χ3n) is 3.43. The fourth-order valence-corrected chi connectivity index (χ4v) is 2.43. The third-order valence-corrected chi connectivity index (χ3v) is 3.43. The Hall–Kier alpha value is -0.900. The summed E-state index contributed by atoms with van der Waals surface area (Å²) in [5.74, 6) is 0. The summed E-state index contributed by atoms with van der Waals surface area (Å²) in [6.45, 7) is 7.23. The third kappa shape index (κ3) is 3.30. The lowest BCUT2D eigenvalue weighted by molar-refractivity contribution is -1.02. The second-order valence-electron chi connectivity index (χ2n) is 4.64. The molecule has 1 heterocycles. The molecule has 2 rings (SSSR count). The number of hydrogen-bond acceptors (Lipinski definition) is 1. The van der Waals surface area contributed by atoms with Gasteiger partial charge in [-0.2, -0.15) is 0 Å². The first kappa shape index (κ1) is 11.6. The minimum absolute atomic E-state index is 0.323. The number of aliphatic hydroxyl groups is 1. The van der Waals surface area contributed by atoms with E-state index >= 15 is 0 Å². The second kappa shape index (κ2) is 5.99. The molecule has 3 nitrogen and oxygen atoms in total. The molecule has 0 spiro atoms. The maximum Gasteiger partial charge on any atom is 0.127 e. The molecular formula is C13H22N2O+2. The van der Waals surface area contributed by atoms with E-state index in [1.165, 1.54) is 31.7 Å². The van der Waals surface area contributed by atoms with E-state index in [2.05, 4.69) is 30.3 Å². The van der Waals surface area contributed by atoms with Crippen LogP contribution in [0.5, 0.6) is 0 Å². The topological polar surface area (TPSA) is 29.1 Å². The molecule has 0 radical (unpaired) electrons. The summed E-state index contributed by atoms with van der Waals surface area (Å²) >= 11 is 0. The lowest BCUT2D eigenvalue weighted by atomic mass is 10.2. The summed E-state index contributed by atoms with van der Waals surface area (Å²) in [6.07, 6.45) is 0. The first-order valence-electron chi connectivity index (χ1n) is 6.20. The van der Waals surface area contributed by atoms with Gasteiger partial charge >= 0.3 is 0 Å². The van der Waals surface area contributed by atoms with Crippen LogP contribution in [0, 0.1) is 0 Å². The zero-order chi connectivity index (χ0) is 11.2. The van der Waals surface area contributed by atoms with E-state index in [-0.39, 0.29) is 0 Å². The summed E-state index contributed by atoms with van der Waals surface area (Å²) in [6, 6.07) is 10.7. The molecule has 0 amide bonds. The van der Waals surface area contributed by atoms with Crippen LogP contribution in [-0.2, 0) is 6.54 Å². The van der Waals surface area contributed by atoms with Gasteiger partial charge in [0.05, 0.1) is 6.61 Å². The quantitative estimate of drug-likeness (QED) is 0.538. The standard InChI is InChI=1S/C13H20N2O/c16-11-10-14-6-8-15(9-7-14)12-13-4-2-1-3-5-13/h1-5,16H,6-12H2/p+2. The van der Waals surface area contributed by atoms with Crippen molar-refractivity contribution in [1.82, 2.24) is 0 Å². The molecule has 0 saturated carbocycles. The van der Waals surface area contributed by atoms with Gasteiger partial charge in [-0.3, -0.25) is 0 Å². The van der Waals surface area contributed by atoms with Crippen molar-refractivity contribution in [2.75, 3.05) is 39.3 Å². The summed E-state index contributed by atoms with van der Waals surface area (Å²) < 4.78 is 0. The van der Waals surface area contributed by atoms with Gasteiger partial charge < -0.3 is 14.9 Å². The zero-order valence-electron chi connectivity index (χ0n) is 9.78. The Bertz CT molecular complexity index is 294. The molecular weight excluding hydrogens is 200 g/mol. The number of aliphatic hydroxyl groups excluding tert-OH is 1. The highest BCUT2D eigenvalue weighted by Crippen LogP contribution is 1.94. The van der Waals surface area contributed by atoms with Gasteiger partial charge in [-0.1, -0.05) is 30.3 Å². The van der Waals surface area contributed by atoms with Gasteiger partial charge in [-0.05, 0) is 0 Å². The molecule has 1 aromatic rings. The van der Waals surface area contributed by atoms with Crippen LogP contribution in [0.3, 0.4) is 0 Å². The average molecular weight is 222 g/mol. The van der Waals surface area contributed by atoms with E-state index < -0.39 is 0 Å². The van der Waals surface area contributed by atoms with Gasteiger partial charge in [-0.25, -0.2) is 0 Å². The molecule has 1 saturated heterocycles. The Morgan fingerprint density at radius 1 is 0.938 bits per heavy atom. The second-order valence-corrected chi connectivity index (χ2v) is 4.64. The fraction of sp³-hybridized carbons (Fsp3) is 0.538. The van der Waals surface area contributed by atoms with Crippen LogP contribution in [0.2, 0.25) is 0 Å². The Kier molecular flexibility index (Phi) is 4.34. The molecule has 16 heavy (non-hydrogen) atoms. The first-order chi connectivity index (χ1) is 7.88. The molecule has 3 heteroatoms. The van der Waals surface area contributed by atoms with E-state index in [4.69, 9.17) is 5.11 Å². The van der Waals surface area contributed by atoms with Crippen molar-refractivity contribution in [3.63, 3.8) is 0 Å². The maximum absolute atomic E-state index is 8.89. The molecule has 88 valence electrons. The fourth-order valence-electron chi connectivity index (χ4n) is 2.43. The van der Waals surface area contributed by atoms with Gasteiger partial charge in [0.2, 0.25) is 0 Å². The van der Waals surface area contributed by atoms with Crippen molar-refractivity contribution in [3.05, 3.63) is 35.9 Å². The van der Waals surface area contributed by atoms with Crippen LogP contribution in [0.1, 0.15) is 5.56 Å². The zero-order valence-corrected chi connectivity index (χ0v) is 9.78. The molecule has 0 unspecified atom stereocenters. The monoisotopic (exact) mass is 222 g/mol. The number of rotatable bonds is 4. The lowest BCUT2D eigenvalue weighted by Crippen LogP contribution is -3.27. The summed E-state index contributed by atoms with van der Waals surface area (Å²) in [7, 11) is 0. The van der Waals surface area contributed by atoms with E-state index in [1.54, 1.807) is 9.80 Å². The van der Waals surface area contributed by atoms with Crippen molar-refractivity contribution in [2.24, 2.45) is 0 Å². The van der Waals surface area contributed by atoms with Crippen molar-refractivity contribution in [1.29, 1.82) is 0 Å². The van der Waals surface area contributed by atoms with Crippen LogP contribution in [0.25, 0.3) is 0 Å². The number of piperazine rings is 1. The van der Waals surface area contributed by atoms with Crippen LogP contribution < -0.4 is 9.80 Å². The highest BCUT2D eigenvalue weighted by atomic mass is 16.3. The van der Waals surface area contributed by atoms with E-state index in [0.717, 1.165) is 13.1 Å². The van der Waals surface area contributed by atoms with Gasteiger partial charge in [0.15, 0.2) is 0 Å². The predicted molar refractivity (Wildman–Crippen MR) is 63.5 cm³/mol. The first-order valence-corrected chi connectivity index (χ1v) is 6.20. The SMILES string of the molecule is OCC[NH+]1CC[NH+](Cc2ccccc2)CC1. The molecule has 1 fully saturated rings. The molecule has 0 aliphatic carbocycles. The van der Waals surface area contributed by atoms with E-state index in [9.17, 15) is 0 Å².